The molecule has 0 aliphatic carbocycles. The number of amides is 1. The second-order valence-electron chi connectivity index (χ2n) is 7.12. The molecule has 1 aromatic carbocycles. The van der Waals surface area contributed by atoms with Gasteiger partial charge < -0.3 is 9.73 Å². The molecular weight excluding hydrogens is 400 g/mol. The van der Waals surface area contributed by atoms with Crippen molar-refractivity contribution in [2.45, 2.75) is 50.0 Å². The molecule has 1 amide bonds. The van der Waals surface area contributed by atoms with Crippen LogP contribution in [0.1, 0.15) is 48.7 Å². The third-order valence-electron chi connectivity index (χ3n) is 4.85. The number of benzene rings is 1. The van der Waals surface area contributed by atoms with Crippen molar-refractivity contribution in [3.8, 4) is 0 Å². The molecule has 28 heavy (non-hydrogen) atoms. The highest BCUT2D eigenvalue weighted by atomic mass is 35.5. The summed E-state index contributed by atoms with van der Waals surface area (Å²) >= 11 is 6.19. The van der Waals surface area contributed by atoms with Gasteiger partial charge in [-0.15, -0.1) is 0 Å². The maximum atomic E-state index is 13.0. The van der Waals surface area contributed by atoms with Crippen LogP contribution >= 0.6 is 11.6 Å². The zero-order valence-electron chi connectivity index (χ0n) is 15.9. The maximum absolute atomic E-state index is 13.0. The normalized spacial score (nSPS) is 17.1. The molecule has 3 rings (SSSR count). The standard InChI is InChI=1S/C20H25ClN2O4S/c1-15(13-16-7-6-12-27-16)22-20(24)18-14-17(8-9-19(18)21)28(25,26)23-10-4-2-3-5-11-23/h6-9,12,14-15H,2-5,10-11,13H2,1H3,(H,22,24)/t15-/m1/s1. The summed E-state index contributed by atoms with van der Waals surface area (Å²) in [5.41, 5.74) is 0.156. The summed E-state index contributed by atoms with van der Waals surface area (Å²) in [7, 11) is -3.65. The summed E-state index contributed by atoms with van der Waals surface area (Å²) in [5.74, 6) is 0.355. The zero-order chi connectivity index (χ0) is 20.1. The van der Waals surface area contributed by atoms with Gasteiger partial charge in [0.15, 0.2) is 0 Å². The van der Waals surface area contributed by atoms with Crippen molar-refractivity contribution in [3.05, 3.63) is 52.9 Å². The van der Waals surface area contributed by atoms with E-state index in [1.165, 1.54) is 22.5 Å². The van der Waals surface area contributed by atoms with E-state index < -0.39 is 15.9 Å². The van der Waals surface area contributed by atoms with Gasteiger partial charge in [-0.3, -0.25) is 4.79 Å². The molecule has 0 unspecified atom stereocenters. The molecule has 1 aliphatic heterocycles. The van der Waals surface area contributed by atoms with Crippen LogP contribution in [0.2, 0.25) is 5.02 Å². The lowest BCUT2D eigenvalue weighted by Crippen LogP contribution is -2.35. The molecule has 1 fully saturated rings. The van der Waals surface area contributed by atoms with Crippen LogP contribution in [0.3, 0.4) is 0 Å². The highest BCUT2D eigenvalue weighted by Crippen LogP contribution is 2.25. The van der Waals surface area contributed by atoms with Crippen molar-refractivity contribution in [2.24, 2.45) is 0 Å². The van der Waals surface area contributed by atoms with E-state index in [-0.39, 0.29) is 21.5 Å². The molecule has 0 bridgehead atoms. The SMILES string of the molecule is C[C@H](Cc1ccco1)NC(=O)c1cc(S(=O)(=O)N2CCCCCC2)ccc1Cl. The second-order valence-corrected chi connectivity index (χ2v) is 9.46. The molecule has 0 spiro atoms. The monoisotopic (exact) mass is 424 g/mol. The number of halogens is 1. The van der Waals surface area contributed by atoms with E-state index in [2.05, 4.69) is 5.32 Å². The molecule has 152 valence electrons. The lowest BCUT2D eigenvalue weighted by atomic mass is 10.1. The van der Waals surface area contributed by atoms with Gasteiger partial charge in [-0.25, -0.2) is 8.42 Å². The van der Waals surface area contributed by atoms with Gasteiger partial charge in [0.1, 0.15) is 5.76 Å². The summed E-state index contributed by atoms with van der Waals surface area (Å²) in [6.45, 7) is 2.87. The minimum absolute atomic E-state index is 0.0997. The maximum Gasteiger partial charge on any atom is 0.253 e. The number of sulfonamides is 1. The Morgan fingerprint density at radius 2 is 1.93 bits per heavy atom. The smallest absolute Gasteiger partial charge is 0.253 e. The van der Waals surface area contributed by atoms with Crippen LogP contribution in [0.4, 0.5) is 0 Å². The van der Waals surface area contributed by atoms with Crippen LogP contribution in [0, 0.1) is 0 Å². The van der Waals surface area contributed by atoms with Crippen molar-refractivity contribution in [3.63, 3.8) is 0 Å². The minimum Gasteiger partial charge on any atom is -0.469 e. The third-order valence-corrected chi connectivity index (χ3v) is 7.07. The molecule has 1 saturated heterocycles. The number of carbonyl (C=O) groups excluding carboxylic acids is 1. The number of hydrogen-bond donors (Lipinski definition) is 1. The van der Waals surface area contributed by atoms with Gasteiger partial charge >= 0.3 is 0 Å². The quantitative estimate of drug-likeness (QED) is 0.763. The van der Waals surface area contributed by atoms with Gasteiger partial charge in [0.2, 0.25) is 10.0 Å². The lowest BCUT2D eigenvalue weighted by Gasteiger charge is -2.20. The number of nitrogens with one attached hydrogen (secondary N) is 1. The number of furan rings is 1. The molecule has 0 saturated carbocycles. The van der Waals surface area contributed by atoms with Gasteiger partial charge in [-0.2, -0.15) is 4.31 Å². The lowest BCUT2D eigenvalue weighted by molar-refractivity contribution is 0.0939. The van der Waals surface area contributed by atoms with E-state index in [1.807, 2.05) is 13.0 Å². The number of hydrogen-bond acceptors (Lipinski definition) is 4. The number of nitrogens with zero attached hydrogens (tertiary/aromatic N) is 1. The first-order chi connectivity index (χ1) is 13.4. The van der Waals surface area contributed by atoms with E-state index in [4.69, 9.17) is 16.0 Å². The van der Waals surface area contributed by atoms with Crippen molar-refractivity contribution in [2.75, 3.05) is 13.1 Å². The molecule has 1 aromatic heterocycles. The third kappa shape index (κ3) is 4.96. The van der Waals surface area contributed by atoms with Crippen LogP contribution in [0.15, 0.2) is 45.9 Å². The first kappa shape index (κ1) is 20.9. The van der Waals surface area contributed by atoms with E-state index in [0.717, 1.165) is 31.4 Å². The molecule has 8 heteroatoms. The Bertz CT molecular complexity index is 904. The predicted molar refractivity (Wildman–Crippen MR) is 108 cm³/mol. The van der Waals surface area contributed by atoms with Gasteiger partial charge in [-0.05, 0) is 50.1 Å². The Balaban J connectivity index is 1.77. The molecule has 1 atom stereocenters. The van der Waals surface area contributed by atoms with Crippen LogP contribution in [-0.4, -0.2) is 37.8 Å². The van der Waals surface area contributed by atoms with E-state index >= 15 is 0 Å². The van der Waals surface area contributed by atoms with Crippen LogP contribution in [-0.2, 0) is 16.4 Å². The van der Waals surface area contributed by atoms with Gasteiger partial charge in [0.05, 0.1) is 21.7 Å². The first-order valence-corrected chi connectivity index (χ1v) is 11.3. The van der Waals surface area contributed by atoms with E-state index in [9.17, 15) is 13.2 Å². The van der Waals surface area contributed by atoms with Crippen molar-refractivity contribution >= 4 is 27.5 Å². The number of carbonyl (C=O) groups is 1. The summed E-state index contributed by atoms with van der Waals surface area (Å²) < 4.78 is 32.8. The van der Waals surface area contributed by atoms with Crippen LogP contribution < -0.4 is 5.32 Å². The van der Waals surface area contributed by atoms with Crippen LogP contribution in [0.5, 0.6) is 0 Å². The number of rotatable bonds is 6. The highest BCUT2D eigenvalue weighted by Gasteiger charge is 2.27. The molecule has 6 nitrogen and oxygen atoms in total. The van der Waals surface area contributed by atoms with Crippen molar-refractivity contribution in [1.29, 1.82) is 0 Å². The van der Waals surface area contributed by atoms with Gasteiger partial charge in [0.25, 0.3) is 5.91 Å². The Morgan fingerprint density at radius 1 is 1.21 bits per heavy atom. The Morgan fingerprint density at radius 3 is 2.57 bits per heavy atom. The molecule has 2 aromatic rings. The molecule has 0 radical (unpaired) electrons. The molecular formula is C20H25ClN2O4S. The largest absolute Gasteiger partial charge is 0.469 e. The molecule has 1 aliphatic rings. The Hall–Kier alpha value is -1.83. The summed E-state index contributed by atoms with van der Waals surface area (Å²) in [4.78, 5) is 12.8. The predicted octanol–water partition coefficient (Wildman–Crippen LogP) is 3.86. The van der Waals surface area contributed by atoms with E-state index in [1.54, 1.807) is 12.3 Å². The molecule has 2 heterocycles. The fraction of sp³-hybridized carbons (Fsp3) is 0.450. The van der Waals surface area contributed by atoms with Crippen molar-refractivity contribution in [1.82, 2.24) is 9.62 Å². The minimum atomic E-state index is -3.65. The Labute approximate surface area is 170 Å². The summed E-state index contributed by atoms with van der Waals surface area (Å²) in [6, 6.07) is 7.74. The summed E-state index contributed by atoms with van der Waals surface area (Å²) in [5, 5.41) is 3.07. The van der Waals surface area contributed by atoms with Crippen molar-refractivity contribution < 1.29 is 17.6 Å². The fourth-order valence-electron chi connectivity index (χ4n) is 3.35. The Kier molecular flexibility index (Phi) is 6.80. The second kappa shape index (κ2) is 9.11. The highest BCUT2D eigenvalue weighted by molar-refractivity contribution is 7.89. The average Bonchev–Trinajstić information content (AvgIpc) is 3.00. The average molecular weight is 425 g/mol. The first-order valence-electron chi connectivity index (χ1n) is 9.51. The van der Waals surface area contributed by atoms with Crippen LogP contribution in [0.25, 0.3) is 0 Å². The topological polar surface area (TPSA) is 79.6 Å². The van der Waals surface area contributed by atoms with Gasteiger partial charge in [-0.1, -0.05) is 24.4 Å². The molecule has 1 N–H and O–H groups in total. The fourth-order valence-corrected chi connectivity index (χ4v) is 5.10. The van der Waals surface area contributed by atoms with E-state index in [0.29, 0.717) is 19.5 Å². The van der Waals surface area contributed by atoms with Gasteiger partial charge in [0, 0.05) is 25.6 Å². The zero-order valence-corrected chi connectivity index (χ0v) is 17.4. The summed E-state index contributed by atoms with van der Waals surface area (Å²) in [6.07, 6.45) is 5.89.